The van der Waals surface area contributed by atoms with Crippen molar-refractivity contribution in [2.24, 2.45) is 0 Å². The predicted octanol–water partition coefficient (Wildman–Crippen LogP) is 4.27. The lowest BCUT2D eigenvalue weighted by Crippen LogP contribution is -2.16. The van der Waals surface area contributed by atoms with Crippen LogP contribution in [0.1, 0.15) is 33.0 Å². The van der Waals surface area contributed by atoms with Gasteiger partial charge >= 0.3 is 0 Å². The van der Waals surface area contributed by atoms with Crippen molar-refractivity contribution in [2.75, 3.05) is 10.6 Å². The number of anilines is 2. The van der Waals surface area contributed by atoms with Crippen LogP contribution in [-0.4, -0.2) is 15.9 Å². The van der Waals surface area contributed by atoms with E-state index < -0.39 is 0 Å². The van der Waals surface area contributed by atoms with Gasteiger partial charge in [0.05, 0.1) is 0 Å². The number of carbonyl (C=O) groups is 1. The molecule has 1 heterocycles. The Morgan fingerprint density at radius 2 is 1.69 bits per heavy atom. The van der Waals surface area contributed by atoms with Crippen LogP contribution in [0.25, 0.3) is 0 Å². The van der Waals surface area contributed by atoms with E-state index in [-0.39, 0.29) is 5.91 Å². The second-order valence-electron chi connectivity index (χ2n) is 6.28. The maximum atomic E-state index is 12.6. The summed E-state index contributed by atoms with van der Waals surface area (Å²) in [4.78, 5) is 21.2. The van der Waals surface area contributed by atoms with E-state index in [1.807, 2.05) is 62.4 Å². The first-order valence-electron chi connectivity index (χ1n) is 8.53. The Balaban J connectivity index is 1.73. The van der Waals surface area contributed by atoms with Gasteiger partial charge < -0.3 is 10.6 Å². The highest BCUT2D eigenvalue weighted by Crippen LogP contribution is 2.16. The monoisotopic (exact) mass is 346 g/mol. The van der Waals surface area contributed by atoms with E-state index in [0.29, 0.717) is 23.9 Å². The van der Waals surface area contributed by atoms with E-state index in [1.165, 1.54) is 5.56 Å². The summed E-state index contributed by atoms with van der Waals surface area (Å²) in [5, 5.41) is 6.14. The summed E-state index contributed by atoms with van der Waals surface area (Å²) in [5.41, 5.74) is 4.56. The molecule has 0 unspecified atom stereocenters. The zero-order valence-corrected chi connectivity index (χ0v) is 15.2. The molecule has 0 atom stereocenters. The standard InChI is InChI=1S/C21H22N4O/c1-14-9-10-18(11-15(14)2)25-21(26)19-12-20(24-16(3)23-19)22-13-17-7-5-4-6-8-17/h4-12H,13H2,1-3H3,(H,25,26)(H,22,23,24). The highest BCUT2D eigenvalue weighted by molar-refractivity contribution is 6.03. The maximum absolute atomic E-state index is 12.6. The van der Waals surface area contributed by atoms with Crippen LogP contribution in [0.5, 0.6) is 0 Å². The molecular formula is C21H22N4O. The number of hydrogen-bond acceptors (Lipinski definition) is 4. The molecule has 0 radical (unpaired) electrons. The molecule has 0 spiro atoms. The minimum absolute atomic E-state index is 0.249. The molecule has 0 saturated heterocycles. The minimum atomic E-state index is -0.249. The van der Waals surface area contributed by atoms with Crippen molar-refractivity contribution in [3.05, 3.63) is 82.8 Å². The van der Waals surface area contributed by atoms with Gasteiger partial charge in [-0.15, -0.1) is 0 Å². The van der Waals surface area contributed by atoms with Crippen LogP contribution >= 0.6 is 0 Å². The van der Waals surface area contributed by atoms with Gasteiger partial charge in [0.15, 0.2) is 0 Å². The molecule has 3 rings (SSSR count). The number of nitrogens with one attached hydrogen (secondary N) is 2. The maximum Gasteiger partial charge on any atom is 0.274 e. The van der Waals surface area contributed by atoms with Crippen LogP contribution in [0.2, 0.25) is 0 Å². The molecule has 5 heteroatoms. The molecule has 1 amide bonds. The molecular weight excluding hydrogens is 324 g/mol. The van der Waals surface area contributed by atoms with E-state index in [1.54, 1.807) is 13.0 Å². The highest BCUT2D eigenvalue weighted by atomic mass is 16.1. The summed E-state index contributed by atoms with van der Waals surface area (Å²) >= 11 is 0. The van der Waals surface area contributed by atoms with Crippen LogP contribution in [0.4, 0.5) is 11.5 Å². The van der Waals surface area contributed by atoms with Crippen LogP contribution in [-0.2, 0) is 6.54 Å². The van der Waals surface area contributed by atoms with Gasteiger partial charge in [-0.25, -0.2) is 9.97 Å². The molecule has 26 heavy (non-hydrogen) atoms. The molecule has 0 bridgehead atoms. The quantitative estimate of drug-likeness (QED) is 0.724. The summed E-state index contributed by atoms with van der Waals surface area (Å²) in [5.74, 6) is 0.932. The molecule has 0 saturated carbocycles. The molecule has 5 nitrogen and oxygen atoms in total. The summed E-state index contributed by atoms with van der Waals surface area (Å²) in [6, 6.07) is 17.5. The summed E-state index contributed by atoms with van der Waals surface area (Å²) in [6.07, 6.45) is 0. The summed E-state index contributed by atoms with van der Waals surface area (Å²) in [6.45, 7) is 6.47. The van der Waals surface area contributed by atoms with Crippen molar-refractivity contribution in [3.63, 3.8) is 0 Å². The molecule has 0 aliphatic rings. The highest BCUT2D eigenvalue weighted by Gasteiger charge is 2.11. The number of rotatable bonds is 5. The Kier molecular flexibility index (Phi) is 5.27. The fraction of sp³-hybridized carbons (Fsp3) is 0.190. The summed E-state index contributed by atoms with van der Waals surface area (Å²) < 4.78 is 0. The topological polar surface area (TPSA) is 66.9 Å². The van der Waals surface area contributed by atoms with Gasteiger partial charge in [-0.05, 0) is 49.6 Å². The first-order chi connectivity index (χ1) is 12.5. The molecule has 2 aromatic carbocycles. The van der Waals surface area contributed by atoms with Crippen LogP contribution < -0.4 is 10.6 Å². The van der Waals surface area contributed by atoms with Crippen LogP contribution in [0.3, 0.4) is 0 Å². The van der Waals surface area contributed by atoms with Gasteiger partial charge in [0.1, 0.15) is 17.3 Å². The Labute approximate surface area is 153 Å². The normalized spacial score (nSPS) is 10.4. The van der Waals surface area contributed by atoms with Gasteiger partial charge in [0, 0.05) is 18.3 Å². The zero-order valence-electron chi connectivity index (χ0n) is 15.2. The summed E-state index contributed by atoms with van der Waals surface area (Å²) in [7, 11) is 0. The Hall–Kier alpha value is -3.21. The third-order valence-electron chi connectivity index (χ3n) is 4.15. The van der Waals surface area contributed by atoms with Crippen molar-refractivity contribution in [2.45, 2.75) is 27.3 Å². The lowest BCUT2D eigenvalue weighted by molar-refractivity contribution is 0.102. The second-order valence-corrected chi connectivity index (χ2v) is 6.28. The Morgan fingerprint density at radius 1 is 0.923 bits per heavy atom. The van der Waals surface area contributed by atoms with Gasteiger partial charge in [0.25, 0.3) is 5.91 Å². The zero-order chi connectivity index (χ0) is 18.5. The number of aromatic nitrogens is 2. The number of amides is 1. The van der Waals surface area contributed by atoms with E-state index in [9.17, 15) is 4.79 Å². The SMILES string of the molecule is Cc1nc(NCc2ccccc2)cc(C(=O)Nc2ccc(C)c(C)c2)n1. The molecule has 132 valence electrons. The fourth-order valence-corrected chi connectivity index (χ4v) is 2.58. The van der Waals surface area contributed by atoms with E-state index in [0.717, 1.165) is 16.8 Å². The Bertz CT molecular complexity index is 923. The number of hydrogen-bond donors (Lipinski definition) is 2. The molecule has 2 N–H and O–H groups in total. The lowest BCUT2D eigenvalue weighted by Gasteiger charge is -2.10. The third kappa shape index (κ3) is 4.45. The van der Waals surface area contributed by atoms with E-state index in [4.69, 9.17) is 0 Å². The average Bonchev–Trinajstić information content (AvgIpc) is 2.63. The predicted molar refractivity (Wildman–Crippen MR) is 104 cm³/mol. The third-order valence-corrected chi connectivity index (χ3v) is 4.15. The van der Waals surface area contributed by atoms with Crippen LogP contribution in [0.15, 0.2) is 54.6 Å². The van der Waals surface area contributed by atoms with Crippen molar-refractivity contribution < 1.29 is 4.79 Å². The van der Waals surface area contributed by atoms with Crippen molar-refractivity contribution in [1.82, 2.24) is 9.97 Å². The molecule has 0 fully saturated rings. The number of aryl methyl sites for hydroxylation is 3. The van der Waals surface area contributed by atoms with Gasteiger partial charge in [-0.2, -0.15) is 0 Å². The largest absolute Gasteiger partial charge is 0.366 e. The first kappa shape index (κ1) is 17.6. The van der Waals surface area contributed by atoms with Gasteiger partial charge in [-0.3, -0.25) is 4.79 Å². The molecule has 0 aliphatic heterocycles. The number of carbonyl (C=O) groups excluding carboxylic acids is 1. The Morgan fingerprint density at radius 3 is 2.42 bits per heavy atom. The molecule has 3 aromatic rings. The second kappa shape index (κ2) is 7.78. The van der Waals surface area contributed by atoms with Gasteiger partial charge in [0.2, 0.25) is 0 Å². The number of nitrogens with zero attached hydrogens (tertiary/aromatic N) is 2. The smallest absolute Gasteiger partial charge is 0.274 e. The van der Waals surface area contributed by atoms with Gasteiger partial charge in [-0.1, -0.05) is 36.4 Å². The fourth-order valence-electron chi connectivity index (χ4n) is 2.58. The average molecular weight is 346 g/mol. The van der Waals surface area contributed by atoms with Crippen molar-refractivity contribution >= 4 is 17.4 Å². The first-order valence-corrected chi connectivity index (χ1v) is 8.53. The van der Waals surface area contributed by atoms with Crippen LogP contribution in [0, 0.1) is 20.8 Å². The minimum Gasteiger partial charge on any atom is -0.366 e. The van der Waals surface area contributed by atoms with E-state index in [2.05, 4.69) is 20.6 Å². The molecule has 1 aromatic heterocycles. The van der Waals surface area contributed by atoms with Crippen molar-refractivity contribution in [3.8, 4) is 0 Å². The van der Waals surface area contributed by atoms with Crippen molar-refractivity contribution in [1.29, 1.82) is 0 Å². The number of benzene rings is 2. The van der Waals surface area contributed by atoms with E-state index >= 15 is 0 Å². The lowest BCUT2D eigenvalue weighted by atomic mass is 10.1. The molecule has 0 aliphatic carbocycles.